The fourth-order valence-electron chi connectivity index (χ4n) is 1.84. The van der Waals surface area contributed by atoms with E-state index >= 15 is 0 Å². The van der Waals surface area contributed by atoms with Crippen molar-refractivity contribution < 1.29 is 9.21 Å². The summed E-state index contributed by atoms with van der Waals surface area (Å²) >= 11 is 5.59. The molecule has 3 heteroatoms. The highest BCUT2D eigenvalue weighted by atomic mass is 35.5. The predicted molar refractivity (Wildman–Crippen MR) is 50.0 cm³/mol. The molecule has 2 nitrogen and oxygen atoms in total. The van der Waals surface area contributed by atoms with Crippen molar-refractivity contribution in [1.29, 1.82) is 0 Å². The second-order valence-corrected chi connectivity index (χ2v) is 3.82. The summed E-state index contributed by atoms with van der Waals surface area (Å²) < 4.78 is 5.07. The molecule has 1 fully saturated rings. The molecule has 0 N–H and O–H groups in total. The maximum atomic E-state index is 11.7. The first-order valence-corrected chi connectivity index (χ1v) is 4.95. The molecule has 1 heterocycles. The third-order valence-electron chi connectivity index (χ3n) is 2.54. The van der Waals surface area contributed by atoms with Crippen LogP contribution >= 0.6 is 11.6 Å². The Balaban J connectivity index is 2.12. The summed E-state index contributed by atoms with van der Waals surface area (Å²) in [5.74, 6) is 0.698. The van der Waals surface area contributed by atoms with Gasteiger partial charge in [0, 0.05) is 5.92 Å². The summed E-state index contributed by atoms with van der Waals surface area (Å²) in [6, 6.07) is 3.27. The lowest BCUT2D eigenvalue weighted by molar-refractivity contribution is 0.0894. The Morgan fingerprint density at radius 2 is 2.08 bits per heavy atom. The number of furan rings is 1. The van der Waals surface area contributed by atoms with Gasteiger partial charge in [-0.15, -0.1) is 0 Å². The van der Waals surface area contributed by atoms with E-state index in [9.17, 15) is 4.79 Å². The van der Waals surface area contributed by atoms with E-state index in [1.54, 1.807) is 12.1 Å². The Morgan fingerprint density at radius 1 is 1.38 bits per heavy atom. The van der Waals surface area contributed by atoms with Gasteiger partial charge in [0.2, 0.25) is 5.78 Å². The van der Waals surface area contributed by atoms with E-state index in [1.807, 2.05) is 0 Å². The Hall–Kier alpha value is -0.760. The molecule has 13 heavy (non-hydrogen) atoms. The van der Waals surface area contributed by atoms with Gasteiger partial charge in [-0.1, -0.05) is 12.8 Å². The molecule has 1 aliphatic rings. The van der Waals surface area contributed by atoms with Crippen molar-refractivity contribution in [3.8, 4) is 0 Å². The van der Waals surface area contributed by atoms with Crippen molar-refractivity contribution in [2.24, 2.45) is 5.92 Å². The van der Waals surface area contributed by atoms with Gasteiger partial charge < -0.3 is 4.42 Å². The van der Waals surface area contributed by atoms with Crippen LogP contribution in [0.2, 0.25) is 5.22 Å². The molecule has 0 aromatic carbocycles. The summed E-state index contributed by atoms with van der Waals surface area (Å²) in [6.45, 7) is 0. The average molecular weight is 199 g/mol. The van der Waals surface area contributed by atoms with Crippen molar-refractivity contribution in [3.05, 3.63) is 23.1 Å². The van der Waals surface area contributed by atoms with Gasteiger partial charge in [-0.2, -0.15) is 0 Å². The van der Waals surface area contributed by atoms with Crippen molar-refractivity contribution in [1.82, 2.24) is 0 Å². The third kappa shape index (κ3) is 1.78. The SMILES string of the molecule is O=C(c1ccc(Cl)o1)C1CCCC1. The van der Waals surface area contributed by atoms with Gasteiger partial charge in [0.1, 0.15) is 0 Å². The number of hydrogen-bond acceptors (Lipinski definition) is 2. The average Bonchev–Trinajstić information content (AvgIpc) is 2.72. The lowest BCUT2D eigenvalue weighted by atomic mass is 10.0. The van der Waals surface area contributed by atoms with Crippen molar-refractivity contribution in [2.75, 3.05) is 0 Å². The van der Waals surface area contributed by atoms with E-state index < -0.39 is 0 Å². The van der Waals surface area contributed by atoms with Gasteiger partial charge in [0.05, 0.1) is 0 Å². The number of ketones is 1. The van der Waals surface area contributed by atoms with Crippen LogP contribution in [0, 0.1) is 5.92 Å². The Morgan fingerprint density at radius 3 is 2.62 bits per heavy atom. The molecule has 1 saturated carbocycles. The summed E-state index contributed by atoms with van der Waals surface area (Å²) in [4.78, 5) is 11.7. The standard InChI is InChI=1S/C10H11ClO2/c11-9-6-5-8(13-9)10(12)7-3-1-2-4-7/h5-7H,1-4H2. The molecule has 1 aliphatic carbocycles. The smallest absolute Gasteiger partial charge is 0.201 e. The van der Waals surface area contributed by atoms with Gasteiger partial charge in [-0.25, -0.2) is 0 Å². The predicted octanol–water partition coefficient (Wildman–Crippen LogP) is 3.31. The lowest BCUT2D eigenvalue weighted by Crippen LogP contribution is -2.09. The molecule has 0 bridgehead atoms. The summed E-state index contributed by atoms with van der Waals surface area (Å²) in [7, 11) is 0. The monoisotopic (exact) mass is 198 g/mol. The van der Waals surface area contributed by atoms with Gasteiger partial charge in [-0.05, 0) is 36.6 Å². The third-order valence-corrected chi connectivity index (χ3v) is 2.75. The summed E-state index contributed by atoms with van der Waals surface area (Å²) in [6.07, 6.45) is 4.31. The minimum atomic E-state index is 0.115. The topological polar surface area (TPSA) is 30.2 Å². The van der Waals surface area contributed by atoms with E-state index in [0.29, 0.717) is 11.0 Å². The van der Waals surface area contributed by atoms with Crippen LogP contribution in [0.1, 0.15) is 36.2 Å². The van der Waals surface area contributed by atoms with E-state index in [0.717, 1.165) is 25.7 Å². The largest absolute Gasteiger partial charge is 0.442 e. The van der Waals surface area contributed by atoms with Crippen molar-refractivity contribution in [2.45, 2.75) is 25.7 Å². The van der Waals surface area contributed by atoms with Gasteiger partial charge in [0.25, 0.3) is 0 Å². The fourth-order valence-corrected chi connectivity index (χ4v) is 1.98. The number of carbonyl (C=O) groups is 1. The molecule has 0 radical (unpaired) electrons. The Labute approximate surface area is 81.9 Å². The van der Waals surface area contributed by atoms with Gasteiger partial charge in [-0.3, -0.25) is 4.79 Å². The lowest BCUT2D eigenvalue weighted by Gasteiger charge is -2.03. The van der Waals surface area contributed by atoms with E-state index in [4.69, 9.17) is 16.0 Å². The second kappa shape index (κ2) is 3.54. The van der Waals surface area contributed by atoms with Crippen LogP contribution in [0.15, 0.2) is 16.5 Å². The molecule has 0 saturated heterocycles. The van der Waals surface area contributed by atoms with Crippen molar-refractivity contribution >= 4 is 17.4 Å². The highest BCUT2D eigenvalue weighted by Gasteiger charge is 2.25. The molecule has 0 unspecified atom stereocenters. The van der Waals surface area contributed by atoms with E-state index in [-0.39, 0.29) is 11.7 Å². The Kier molecular flexibility index (Phi) is 2.40. The number of rotatable bonds is 2. The van der Waals surface area contributed by atoms with Crippen LogP contribution in [0.4, 0.5) is 0 Å². The van der Waals surface area contributed by atoms with E-state index in [1.165, 1.54) is 0 Å². The summed E-state index contributed by atoms with van der Waals surface area (Å²) in [5.41, 5.74) is 0. The normalized spacial score (nSPS) is 17.9. The van der Waals surface area contributed by atoms with Crippen molar-refractivity contribution in [3.63, 3.8) is 0 Å². The minimum Gasteiger partial charge on any atom is -0.442 e. The zero-order valence-corrected chi connectivity index (χ0v) is 8.01. The van der Waals surface area contributed by atoms with Crippen LogP contribution in [0.3, 0.4) is 0 Å². The van der Waals surface area contributed by atoms with Crippen LogP contribution < -0.4 is 0 Å². The molecule has 0 atom stereocenters. The highest BCUT2D eigenvalue weighted by Crippen LogP contribution is 2.29. The molecule has 0 spiro atoms. The van der Waals surface area contributed by atoms with E-state index in [2.05, 4.69) is 0 Å². The molecule has 0 aliphatic heterocycles. The molecule has 1 aromatic rings. The maximum Gasteiger partial charge on any atom is 0.201 e. The van der Waals surface area contributed by atoms with Gasteiger partial charge in [0.15, 0.2) is 11.0 Å². The van der Waals surface area contributed by atoms with Gasteiger partial charge >= 0.3 is 0 Å². The molecule has 2 rings (SSSR count). The van der Waals surface area contributed by atoms with Crippen LogP contribution in [0.25, 0.3) is 0 Å². The molecular weight excluding hydrogens is 188 g/mol. The first-order valence-electron chi connectivity index (χ1n) is 4.57. The maximum absolute atomic E-state index is 11.7. The highest BCUT2D eigenvalue weighted by molar-refractivity contribution is 6.29. The molecule has 0 amide bonds. The fraction of sp³-hybridized carbons (Fsp3) is 0.500. The number of Topliss-reactive ketones (excluding diaryl/α,β-unsaturated/α-hetero) is 1. The Bertz CT molecular complexity index is 310. The molecule has 1 aromatic heterocycles. The minimum absolute atomic E-state index is 0.115. The van der Waals surface area contributed by atoms with Crippen LogP contribution in [-0.4, -0.2) is 5.78 Å². The number of hydrogen-bond donors (Lipinski definition) is 0. The first-order chi connectivity index (χ1) is 6.27. The number of carbonyl (C=O) groups excluding carboxylic acids is 1. The number of halogens is 1. The van der Waals surface area contributed by atoms with Crippen LogP contribution in [-0.2, 0) is 0 Å². The quantitative estimate of drug-likeness (QED) is 0.683. The molecule has 70 valence electrons. The zero-order valence-electron chi connectivity index (χ0n) is 7.25. The van der Waals surface area contributed by atoms with Crippen LogP contribution in [0.5, 0.6) is 0 Å². The summed E-state index contributed by atoms with van der Waals surface area (Å²) in [5, 5.41) is 0.293. The first kappa shape index (κ1) is 8.82. The molecular formula is C10H11ClO2. The zero-order chi connectivity index (χ0) is 9.26. The second-order valence-electron chi connectivity index (χ2n) is 3.45.